The second-order valence-electron chi connectivity index (χ2n) is 5.90. The highest BCUT2D eigenvalue weighted by molar-refractivity contribution is 5.20. The molecule has 0 heterocycles. The lowest BCUT2D eigenvalue weighted by atomic mass is 9.93. The third-order valence-corrected chi connectivity index (χ3v) is 3.37. The van der Waals surface area contributed by atoms with Gasteiger partial charge in [0.1, 0.15) is 5.82 Å². The summed E-state index contributed by atoms with van der Waals surface area (Å²) in [5.74, 6) is 0.681. The van der Waals surface area contributed by atoms with Gasteiger partial charge in [0.25, 0.3) is 0 Å². The predicted octanol–water partition coefficient (Wildman–Crippen LogP) is 3.52. The summed E-state index contributed by atoms with van der Waals surface area (Å²) in [6.45, 7) is 9.42. The summed E-state index contributed by atoms with van der Waals surface area (Å²) < 4.78 is 12.9. The van der Waals surface area contributed by atoms with Gasteiger partial charge in [-0.05, 0) is 42.5 Å². The van der Waals surface area contributed by atoms with Gasteiger partial charge in [0.15, 0.2) is 0 Å². The van der Waals surface area contributed by atoms with Gasteiger partial charge in [-0.3, -0.25) is 0 Å². The van der Waals surface area contributed by atoms with Crippen LogP contribution in [0.5, 0.6) is 0 Å². The molecule has 0 saturated heterocycles. The van der Waals surface area contributed by atoms with Gasteiger partial charge in [-0.2, -0.15) is 0 Å². The molecule has 1 rings (SSSR count). The highest BCUT2D eigenvalue weighted by atomic mass is 19.1. The zero-order valence-electron chi connectivity index (χ0n) is 12.4. The molecule has 2 unspecified atom stereocenters. The van der Waals surface area contributed by atoms with Crippen LogP contribution in [0.2, 0.25) is 0 Å². The van der Waals surface area contributed by atoms with Gasteiger partial charge in [-0.1, -0.05) is 39.8 Å². The minimum Gasteiger partial charge on any atom is -0.387 e. The van der Waals surface area contributed by atoms with Crippen LogP contribution in [0.25, 0.3) is 0 Å². The molecule has 2 nitrogen and oxygen atoms in total. The highest BCUT2D eigenvalue weighted by Gasteiger charge is 2.23. The zero-order chi connectivity index (χ0) is 14.4. The van der Waals surface area contributed by atoms with E-state index in [1.807, 2.05) is 0 Å². The lowest BCUT2D eigenvalue weighted by Crippen LogP contribution is -2.40. The van der Waals surface area contributed by atoms with Crippen molar-refractivity contribution in [3.05, 3.63) is 35.6 Å². The minimum absolute atomic E-state index is 0.00999. The van der Waals surface area contributed by atoms with Gasteiger partial charge < -0.3 is 10.4 Å². The topological polar surface area (TPSA) is 32.3 Å². The average molecular weight is 267 g/mol. The Morgan fingerprint density at radius 2 is 1.68 bits per heavy atom. The molecule has 108 valence electrons. The van der Waals surface area contributed by atoms with E-state index in [1.165, 1.54) is 12.1 Å². The Morgan fingerprint density at radius 3 is 2.16 bits per heavy atom. The van der Waals surface area contributed by atoms with E-state index in [1.54, 1.807) is 12.1 Å². The largest absolute Gasteiger partial charge is 0.387 e. The summed E-state index contributed by atoms with van der Waals surface area (Å²) in [7, 11) is 0. The molecule has 0 saturated carbocycles. The van der Waals surface area contributed by atoms with Crippen LogP contribution in [0.3, 0.4) is 0 Å². The lowest BCUT2D eigenvalue weighted by Gasteiger charge is -2.28. The monoisotopic (exact) mass is 267 g/mol. The maximum atomic E-state index is 12.9. The molecule has 0 aliphatic carbocycles. The molecule has 19 heavy (non-hydrogen) atoms. The number of benzene rings is 1. The van der Waals surface area contributed by atoms with E-state index in [9.17, 15) is 9.50 Å². The standard InChI is InChI=1S/C16H26FNO/c1-11(2)9-10-18-15(12(3)4)16(19)13-5-7-14(17)8-6-13/h5-8,11-12,15-16,18-19H,9-10H2,1-4H3. The molecular weight excluding hydrogens is 241 g/mol. The molecule has 0 spiro atoms. The van der Waals surface area contributed by atoms with Crippen LogP contribution in [0.4, 0.5) is 4.39 Å². The lowest BCUT2D eigenvalue weighted by molar-refractivity contribution is 0.104. The number of rotatable bonds is 7. The Balaban J connectivity index is 2.67. The summed E-state index contributed by atoms with van der Waals surface area (Å²) in [5.41, 5.74) is 0.761. The SMILES string of the molecule is CC(C)CCNC(C(C)C)C(O)c1ccc(F)cc1. The van der Waals surface area contributed by atoms with E-state index in [0.717, 1.165) is 18.5 Å². The van der Waals surface area contributed by atoms with Crippen molar-refractivity contribution in [2.75, 3.05) is 6.54 Å². The van der Waals surface area contributed by atoms with Gasteiger partial charge in [-0.25, -0.2) is 4.39 Å². The summed E-state index contributed by atoms with van der Waals surface area (Å²) in [6, 6.07) is 6.08. The average Bonchev–Trinajstić information content (AvgIpc) is 2.34. The third-order valence-electron chi connectivity index (χ3n) is 3.37. The zero-order valence-corrected chi connectivity index (χ0v) is 12.4. The Kier molecular flexibility index (Phi) is 6.46. The maximum Gasteiger partial charge on any atom is 0.123 e. The number of aliphatic hydroxyl groups excluding tert-OH is 1. The number of aliphatic hydroxyl groups is 1. The first kappa shape index (κ1) is 16.1. The Morgan fingerprint density at radius 1 is 1.11 bits per heavy atom. The maximum absolute atomic E-state index is 12.9. The van der Waals surface area contributed by atoms with Gasteiger partial charge >= 0.3 is 0 Å². The van der Waals surface area contributed by atoms with Crippen LogP contribution in [0.1, 0.15) is 45.8 Å². The molecule has 1 aromatic carbocycles. The number of nitrogens with one attached hydrogen (secondary N) is 1. The van der Waals surface area contributed by atoms with E-state index in [4.69, 9.17) is 0 Å². The smallest absolute Gasteiger partial charge is 0.123 e. The van der Waals surface area contributed by atoms with E-state index in [-0.39, 0.29) is 11.9 Å². The van der Waals surface area contributed by atoms with Crippen molar-refractivity contribution in [3.63, 3.8) is 0 Å². The molecule has 0 aliphatic rings. The fourth-order valence-electron chi connectivity index (χ4n) is 2.12. The van der Waals surface area contributed by atoms with Gasteiger partial charge in [0.05, 0.1) is 6.10 Å². The van der Waals surface area contributed by atoms with Crippen molar-refractivity contribution in [2.24, 2.45) is 11.8 Å². The van der Waals surface area contributed by atoms with Crippen molar-refractivity contribution in [3.8, 4) is 0 Å². The number of halogens is 1. The first-order valence-corrected chi connectivity index (χ1v) is 7.08. The van der Waals surface area contributed by atoms with Gasteiger partial charge in [0, 0.05) is 6.04 Å². The van der Waals surface area contributed by atoms with E-state index in [0.29, 0.717) is 11.8 Å². The van der Waals surface area contributed by atoms with E-state index >= 15 is 0 Å². The van der Waals surface area contributed by atoms with Crippen molar-refractivity contribution in [1.29, 1.82) is 0 Å². The van der Waals surface area contributed by atoms with Crippen LogP contribution in [-0.4, -0.2) is 17.7 Å². The van der Waals surface area contributed by atoms with E-state index < -0.39 is 6.10 Å². The molecule has 0 radical (unpaired) electrons. The van der Waals surface area contributed by atoms with Crippen LogP contribution >= 0.6 is 0 Å². The summed E-state index contributed by atoms with van der Waals surface area (Å²) in [6.07, 6.45) is 0.479. The van der Waals surface area contributed by atoms with Crippen molar-refractivity contribution in [2.45, 2.75) is 46.3 Å². The van der Waals surface area contributed by atoms with E-state index in [2.05, 4.69) is 33.0 Å². The molecule has 2 atom stereocenters. The molecule has 0 bridgehead atoms. The fraction of sp³-hybridized carbons (Fsp3) is 0.625. The minimum atomic E-state index is -0.604. The van der Waals surface area contributed by atoms with Crippen LogP contribution < -0.4 is 5.32 Å². The molecular formula is C16H26FNO. The first-order valence-electron chi connectivity index (χ1n) is 7.08. The summed E-state index contributed by atoms with van der Waals surface area (Å²) in [5, 5.41) is 13.8. The second-order valence-corrected chi connectivity index (χ2v) is 5.90. The fourth-order valence-corrected chi connectivity index (χ4v) is 2.12. The molecule has 1 aromatic rings. The van der Waals surface area contributed by atoms with Crippen molar-refractivity contribution < 1.29 is 9.50 Å². The van der Waals surface area contributed by atoms with Crippen LogP contribution in [0.15, 0.2) is 24.3 Å². The molecule has 0 amide bonds. The molecule has 2 N–H and O–H groups in total. The number of hydrogen-bond donors (Lipinski definition) is 2. The third kappa shape index (κ3) is 5.29. The number of hydrogen-bond acceptors (Lipinski definition) is 2. The quantitative estimate of drug-likeness (QED) is 0.792. The van der Waals surface area contributed by atoms with Gasteiger partial charge in [0.2, 0.25) is 0 Å². The molecule has 3 heteroatoms. The molecule has 0 aliphatic heterocycles. The van der Waals surface area contributed by atoms with Crippen LogP contribution in [0, 0.1) is 17.7 Å². The van der Waals surface area contributed by atoms with Crippen molar-refractivity contribution >= 4 is 0 Å². The normalized spacial score (nSPS) is 14.9. The molecule has 0 fully saturated rings. The Bertz CT molecular complexity index is 362. The van der Waals surface area contributed by atoms with Crippen molar-refractivity contribution in [1.82, 2.24) is 5.32 Å². The Labute approximate surface area is 116 Å². The molecule has 0 aromatic heterocycles. The predicted molar refractivity (Wildman–Crippen MR) is 77.4 cm³/mol. The van der Waals surface area contributed by atoms with Gasteiger partial charge in [-0.15, -0.1) is 0 Å². The second kappa shape index (κ2) is 7.61. The Hall–Kier alpha value is -0.930. The summed E-state index contributed by atoms with van der Waals surface area (Å²) in [4.78, 5) is 0. The highest BCUT2D eigenvalue weighted by Crippen LogP contribution is 2.22. The first-order chi connectivity index (χ1) is 8.91. The summed E-state index contributed by atoms with van der Waals surface area (Å²) >= 11 is 0. The van der Waals surface area contributed by atoms with Crippen LogP contribution in [-0.2, 0) is 0 Å².